The molecule has 0 radical (unpaired) electrons. The minimum absolute atomic E-state index is 0.0442. The highest BCUT2D eigenvalue weighted by Crippen LogP contribution is 2.10. The van der Waals surface area contributed by atoms with Gasteiger partial charge in [0.05, 0.1) is 12.1 Å². The molecule has 18 heavy (non-hydrogen) atoms. The number of pyridine rings is 1. The van der Waals surface area contributed by atoms with Gasteiger partial charge < -0.3 is 0 Å². The number of rotatable bonds is 4. The molecule has 2 heterocycles. The minimum atomic E-state index is 0.0442. The first kappa shape index (κ1) is 12.5. The van der Waals surface area contributed by atoms with Crippen LogP contribution in [-0.4, -0.2) is 20.5 Å². The first-order valence-corrected chi connectivity index (χ1v) is 6.10. The maximum absolute atomic E-state index is 12.2. The third-order valence-electron chi connectivity index (χ3n) is 2.90. The van der Waals surface area contributed by atoms with Crippen LogP contribution >= 0.6 is 0 Å². The molecule has 2 rings (SSSR count). The number of Topliss-reactive ketones (excluding diaryl/α,β-unsaturated/α-hetero) is 1. The molecule has 0 spiro atoms. The first-order valence-electron chi connectivity index (χ1n) is 6.10. The highest BCUT2D eigenvalue weighted by Gasteiger charge is 2.14. The SMILES string of the molecule is CCn1nc(C)cc1CC(=O)c1ncccc1C. The van der Waals surface area contributed by atoms with E-state index in [1.807, 2.05) is 43.7 Å². The zero-order valence-corrected chi connectivity index (χ0v) is 11.0. The normalized spacial score (nSPS) is 10.6. The summed E-state index contributed by atoms with van der Waals surface area (Å²) in [5.74, 6) is 0.0442. The Morgan fingerprint density at radius 1 is 1.39 bits per heavy atom. The Morgan fingerprint density at radius 3 is 2.83 bits per heavy atom. The van der Waals surface area contributed by atoms with Crippen molar-refractivity contribution in [2.45, 2.75) is 33.7 Å². The monoisotopic (exact) mass is 243 g/mol. The number of carbonyl (C=O) groups excluding carboxylic acids is 1. The second-order valence-electron chi connectivity index (χ2n) is 4.36. The topological polar surface area (TPSA) is 47.8 Å². The summed E-state index contributed by atoms with van der Waals surface area (Å²) in [5, 5.41) is 4.34. The minimum Gasteiger partial charge on any atom is -0.292 e. The molecule has 0 atom stereocenters. The Balaban J connectivity index is 2.24. The van der Waals surface area contributed by atoms with Gasteiger partial charge in [0, 0.05) is 18.4 Å². The second kappa shape index (κ2) is 5.12. The second-order valence-corrected chi connectivity index (χ2v) is 4.36. The summed E-state index contributed by atoms with van der Waals surface area (Å²) in [6.45, 7) is 6.64. The number of aromatic nitrogens is 3. The Kier molecular flexibility index (Phi) is 3.55. The standard InChI is InChI=1S/C14H17N3O/c1-4-17-12(8-11(3)16-17)9-13(18)14-10(2)6-5-7-15-14/h5-8H,4,9H2,1-3H3. The summed E-state index contributed by atoms with van der Waals surface area (Å²) in [6.07, 6.45) is 2.01. The van der Waals surface area contributed by atoms with Crippen LogP contribution in [0.3, 0.4) is 0 Å². The van der Waals surface area contributed by atoms with Crippen LogP contribution in [0.25, 0.3) is 0 Å². The van der Waals surface area contributed by atoms with E-state index in [0.29, 0.717) is 12.1 Å². The van der Waals surface area contributed by atoms with Crippen molar-refractivity contribution in [3.8, 4) is 0 Å². The van der Waals surface area contributed by atoms with Crippen molar-refractivity contribution >= 4 is 5.78 Å². The Hall–Kier alpha value is -1.97. The van der Waals surface area contributed by atoms with Crippen molar-refractivity contribution in [1.29, 1.82) is 0 Å². The lowest BCUT2D eigenvalue weighted by Gasteiger charge is -2.05. The quantitative estimate of drug-likeness (QED) is 0.774. The van der Waals surface area contributed by atoms with Gasteiger partial charge in [0.1, 0.15) is 5.69 Å². The Morgan fingerprint density at radius 2 is 2.17 bits per heavy atom. The van der Waals surface area contributed by atoms with Gasteiger partial charge in [-0.3, -0.25) is 14.5 Å². The van der Waals surface area contributed by atoms with Crippen molar-refractivity contribution in [2.24, 2.45) is 0 Å². The van der Waals surface area contributed by atoms with Crippen LogP contribution in [0.15, 0.2) is 24.4 Å². The predicted molar refractivity (Wildman–Crippen MR) is 69.6 cm³/mol. The van der Waals surface area contributed by atoms with Crippen LogP contribution in [0, 0.1) is 13.8 Å². The molecule has 0 amide bonds. The molecule has 0 aliphatic rings. The fourth-order valence-corrected chi connectivity index (χ4v) is 2.04. The molecule has 0 unspecified atom stereocenters. The van der Waals surface area contributed by atoms with Crippen molar-refractivity contribution in [3.63, 3.8) is 0 Å². The van der Waals surface area contributed by atoms with Crippen molar-refractivity contribution in [1.82, 2.24) is 14.8 Å². The number of ketones is 1. The lowest BCUT2D eigenvalue weighted by Crippen LogP contribution is -2.12. The first-order chi connectivity index (χ1) is 8.61. The summed E-state index contributed by atoms with van der Waals surface area (Å²) in [5.41, 5.74) is 3.36. The van der Waals surface area contributed by atoms with E-state index in [4.69, 9.17) is 0 Å². The van der Waals surface area contributed by atoms with Crippen LogP contribution < -0.4 is 0 Å². The van der Waals surface area contributed by atoms with Crippen LogP contribution in [0.4, 0.5) is 0 Å². The molecule has 0 saturated carbocycles. The number of aryl methyl sites for hydroxylation is 3. The van der Waals surface area contributed by atoms with E-state index in [1.165, 1.54) is 0 Å². The largest absolute Gasteiger partial charge is 0.292 e. The molecule has 0 fully saturated rings. The number of hydrogen-bond donors (Lipinski definition) is 0. The summed E-state index contributed by atoms with van der Waals surface area (Å²) in [4.78, 5) is 16.4. The fourth-order valence-electron chi connectivity index (χ4n) is 2.04. The van der Waals surface area contributed by atoms with E-state index >= 15 is 0 Å². The van der Waals surface area contributed by atoms with Crippen molar-refractivity contribution < 1.29 is 4.79 Å². The Bertz CT molecular complexity index is 572. The number of hydrogen-bond acceptors (Lipinski definition) is 3. The van der Waals surface area contributed by atoms with Gasteiger partial charge in [-0.05, 0) is 38.5 Å². The van der Waals surface area contributed by atoms with Crippen LogP contribution in [0.2, 0.25) is 0 Å². The smallest absolute Gasteiger partial charge is 0.187 e. The third kappa shape index (κ3) is 2.47. The van der Waals surface area contributed by atoms with Gasteiger partial charge in [-0.15, -0.1) is 0 Å². The van der Waals surface area contributed by atoms with Gasteiger partial charge in [-0.2, -0.15) is 5.10 Å². The molecule has 4 nitrogen and oxygen atoms in total. The molecule has 4 heteroatoms. The van der Waals surface area contributed by atoms with Crippen LogP contribution in [0.1, 0.15) is 34.4 Å². The third-order valence-corrected chi connectivity index (χ3v) is 2.90. The highest BCUT2D eigenvalue weighted by atomic mass is 16.1. The zero-order chi connectivity index (χ0) is 13.1. The lowest BCUT2D eigenvalue weighted by atomic mass is 10.1. The number of carbonyl (C=O) groups is 1. The Labute approximate surface area is 107 Å². The van der Waals surface area contributed by atoms with Gasteiger partial charge >= 0.3 is 0 Å². The van der Waals surface area contributed by atoms with Crippen LogP contribution in [0.5, 0.6) is 0 Å². The maximum Gasteiger partial charge on any atom is 0.187 e. The van der Waals surface area contributed by atoms with E-state index < -0.39 is 0 Å². The van der Waals surface area contributed by atoms with Crippen molar-refractivity contribution in [3.05, 3.63) is 47.0 Å². The summed E-state index contributed by atoms with van der Waals surface area (Å²) >= 11 is 0. The molecule has 0 saturated heterocycles. The molecule has 2 aromatic heterocycles. The molecule has 0 bridgehead atoms. The molecule has 0 N–H and O–H groups in total. The zero-order valence-electron chi connectivity index (χ0n) is 11.0. The average molecular weight is 243 g/mol. The molecule has 0 aliphatic heterocycles. The van der Waals surface area contributed by atoms with Gasteiger partial charge in [0.25, 0.3) is 0 Å². The number of nitrogens with zero attached hydrogens (tertiary/aromatic N) is 3. The summed E-state index contributed by atoms with van der Waals surface area (Å²) in [6, 6.07) is 5.70. The molecule has 94 valence electrons. The van der Waals surface area contributed by atoms with E-state index in [2.05, 4.69) is 10.1 Å². The fraction of sp³-hybridized carbons (Fsp3) is 0.357. The van der Waals surface area contributed by atoms with E-state index in [9.17, 15) is 4.79 Å². The highest BCUT2D eigenvalue weighted by molar-refractivity contribution is 5.96. The van der Waals surface area contributed by atoms with E-state index in [-0.39, 0.29) is 5.78 Å². The molecule has 0 aliphatic carbocycles. The maximum atomic E-state index is 12.2. The van der Waals surface area contributed by atoms with Gasteiger partial charge in [0.15, 0.2) is 5.78 Å². The predicted octanol–water partition coefficient (Wildman–Crippen LogP) is 2.34. The van der Waals surface area contributed by atoms with Crippen molar-refractivity contribution in [2.75, 3.05) is 0 Å². The van der Waals surface area contributed by atoms with Gasteiger partial charge in [-0.25, -0.2) is 0 Å². The van der Waals surface area contributed by atoms with Gasteiger partial charge in [-0.1, -0.05) is 6.07 Å². The summed E-state index contributed by atoms with van der Waals surface area (Å²) < 4.78 is 1.87. The average Bonchev–Trinajstić information content (AvgIpc) is 2.70. The van der Waals surface area contributed by atoms with E-state index in [1.54, 1.807) is 6.20 Å². The van der Waals surface area contributed by atoms with Crippen LogP contribution in [-0.2, 0) is 13.0 Å². The molecular weight excluding hydrogens is 226 g/mol. The summed E-state index contributed by atoms with van der Waals surface area (Å²) in [7, 11) is 0. The van der Waals surface area contributed by atoms with Gasteiger partial charge in [0.2, 0.25) is 0 Å². The lowest BCUT2D eigenvalue weighted by molar-refractivity contribution is 0.0985. The molecular formula is C14H17N3O. The molecule has 0 aromatic carbocycles. The molecule has 2 aromatic rings. The van der Waals surface area contributed by atoms with E-state index in [0.717, 1.165) is 23.5 Å².